The number of Topliss-reactive ketones (excluding diaryl/α,β-unsaturated/α-hetero) is 1. The highest BCUT2D eigenvalue weighted by atomic mass is 16.5. The highest BCUT2D eigenvalue weighted by Gasteiger charge is 2.19. The number of carbonyl (C=O) groups is 4. The lowest BCUT2D eigenvalue weighted by atomic mass is 10.1. The van der Waals surface area contributed by atoms with Gasteiger partial charge in [-0.15, -0.1) is 0 Å². The first-order valence-electron chi connectivity index (χ1n) is 8.64. The average Bonchev–Trinajstić information content (AvgIpc) is 2.75. The Hall–Kier alpha value is -3.88. The molecule has 2 amide bonds. The molecule has 2 aromatic carbocycles. The van der Waals surface area contributed by atoms with Crippen LogP contribution in [-0.2, 0) is 14.3 Å². The van der Waals surface area contributed by atoms with Crippen LogP contribution in [0.2, 0.25) is 0 Å². The molecular formula is C20H18N2O7. The molecule has 150 valence electrons. The molecule has 0 saturated heterocycles. The van der Waals surface area contributed by atoms with E-state index < -0.39 is 30.8 Å². The second-order valence-corrected chi connectivity index (χ2v) is 6.01. The third-order valence-corrected chi connectivity index (χ3v) is 4.04. The zero-order valence-electron chi connectivity index (χ0n) is 15.5. The number of benzene rings is 2. The second kappa shape index (κ2) is 8.87. The van der Waals surface area contributed by atoms with Gasteiger partial charge in [0.15, 0.2) is 19.0 Å². The number of fused-ring (bicyclic) bond motifs is 1. The number of hydrogen-bond acceptors (Lipinski definition) is 7. The largest absolute Gasteiger partial charge is 0.496 e. The number of esters is 1. The molecule has 0 spiro atoms. The van der Waals surface area contributed by atoms with Gasteiger partial charge in [-0.1, -0.05) is 12.1 Å². The molecule has 0 radical (unpaired) electrons. The van der Waals surface area contributed by atoms with E-state index in [2.05, 4.69) is 10.6 Å². The van der Waals surface area contributed by atoms with Crippen LogP contribution in [-0.4, -0.2) is 50.4 Å². The van der Waals surface area contributed by atoms with Crippen LogP contribution in [0, 0.1) is 0 Å². The number of anilines is 1. The maximum atomic E-state index is 12.2. The van der Waals surface area contributed by atoms with Gasteiger partial charge in [0.2, 0.25) is 0 Å². The van der Waals surface area contributed by atoms with Crippen molar-refractivity contribution in [2.24, 2.45) is 0 Å². The lowest BCUT2D eigenvalue weighted by Gasteiger charge is -2.18. The lowest BCUT2D eigenvalue weighted by molar-refractivity contribution is -0.141. The lowest BCUT2D eigenvalue weighted by Crippen LogP contribution is -2.31. The van der Waals surface area contributed by atoms with E-state index in [-0.39, 0.29) is 23.6 Å². The third kappa shape index (κ3) is 4.89. The number of ether oxygens (including phenoxy) is 3. The third-order valence-electron chi connectivity index (χ3n) is 4.04. The van der Waals surface area contributed by atoms with Crippen LogP contribution in [0.1, 0.15) is 20.7 Å². The molecule has 0 atom stereocenters. The zero-order valence-corrected chi connectivity index (χ0v) is 15.5. The summed E-state index contributed by atoms with van der Waals surface area (Å²) in [7, 11) is 1.43. The molecule has 3 rings (SSSR count). The smallest absolute Gasteiger partial charge is 0.325 e. The number of methoxy groups -OCH3 is 1. The van der Waals surface area contributed by atoms with Crippen LogP contribution in [0.25, 0.3) is 0 Å². The Morgan fingerprint density at radius 2 is 1.97 bits per heavy atom. The summed E-state index contributed by atoms with van der Waals surface area (Å²) in [6, 6.07) is 11.1. The number of amides is 2. The van der Waals surface area contributed by atoms with Crippen molar-refractivity contribution in [3.8, 4) is 11.5 Å². The van der Waals surface area contributed by atoms with E-state index in [1.54, 1.807) is 30.3 Å². The molecule has 2 aromatic rings. The van der Waals surface area contributed by atoms with Crippen molar-refractivity contribution in [2.75, 3.05) is 32.2 Å². The standard InChI is InChI=1S/C20H18N2O7/c1-27-16-5-3-2-4-13(16)20(26)21-9-19(25)29-10-15(23)12-6-7-17-14(8-12)22-18(24)11-28-17/h2-8H,9-11H2,1H3,(H,21,26)(H,22,24). The summed E-state index contributed by atoms with van der Waals surface area (Å²) in [5, 5.41) is 5.01. The molecule has 2 N–H and O–H groups in total. The van der Waals surface area contributed by atoms with Gasteiger partial charge in [-0.3, -0.25) is 19.2 Å². The SMILES string of the molecule is COc1ccccc1C(=O)NCC(=O)OCC(=O)c1ccc2c(c1)NC(=O)CO2. The number of ketones is 1. The number of carbonyl (C=O) groups excluding carboxylic acids is 4. The minimum absolute atomic E-state index is 0.0848. The summed E-state index contributed by atoms with van der Waals surface area (Å²) in [6.07, 6.45) is 0. The fraction of sp³-hybridized carbons (Fsp3) is 0.200. The van der Waals surface area contributed by atoms with E-state index in [0.717, 1.165) is 0 Å². The van der Waals surface area contributed by atoms with Crippen LogP contribution >= 0.6 is 0 Å². The molecule has 0 bridgehead atoms. The van der Waals surface area contributed by atoms with Crippen molar-refractivity contribution < 1.29 is 33.4 Å². The maximum absolute atomic E-state index is 12.2. The summed E-state index contributed by atoms with van der Waals surface area (Å²) in [6.45, 7) is -0.992. The average molecular weight is 398 g/mol. The summed E-state index contributed by atoms with van der Waals surface area (Å²) in [5.74, 6) is -1.22. The Morgan fingerprint density at radius 1 is 1.17 bits per heavy atom. The van der Waals surface area contributed by atoms with Gasteiger partial charge in [0.05, 0.1) is 18.4 Å². The Bertz CT molecular complexity index is 971. The fourth-order valence-electron chi connectivity index (χ4n) is 2.62. The van der Waals surface area contributed by atoms with Crippen LogP contribution in [0.5, 0.6) is 11.5 Å². The molecule has 1 aliphatic heterocycles. The van der Waals surface area contributed by atoms with Gasteiger partial charge in [0.1, 0.15) is 18.0 Å². The van der Waals surface area contributed by atoms with Gasteiger partial charge >= 0.3 is 5.97 Å². The molecule has 0 fully saturated rings. The van der Waals surface area contributed by atoms with E-state index in [9.17, 15) is 19.2 Å². The highest BCUT2D eigenvalue weighted by molar-refractivity contribution is 6.02. The van der Waals surface area contributed by atoms with Crippen LogP contribution in [0.4, 0.5) is 5.69 Å². The molecule has 1 heterocycles. The summed E-state index contributed by atoms with van der Waals surface area (Å²) in [4.78, 5) is 47.6. The predicted octanol–water partition coefficient (Wildman–Crippen LogP) is 1.18. The second-order valence-electron chi connectivity index (χ2n) is 6.01. The van der Waals surface area contributed by atoms with E-state index in [0.29, 0.717) is 17.2 Å². The van der Waals surface area contributed by atoms with E-state index in [1.165, 1.54) is 19.2 Å². The van der Waals surface area contributed by atoms with Crippen LogP contribution < -0.4 is 20.1 Å². The molecule has 0 aromatic heterocycles. The minimum Gasteiger partial charge on any atom is -0.496 e. The Labute approximate surface area is 165 Å². The van der Waals surface area contributed by atoms with Gasteiger partial charge in [-0.05, 0) is 30.3 Å². The molecular weight excluding hydrogens is 380 g/mol. The molecule has 9 nitrogen and oxygen atoms in total. The Morgan fingerprint density at radius 3 is 2.76 bits per heavy atom. The van der Waals surface area contributed by atoms with Crippen molar-refractivity contribution in [3.05, 3.63) is 53.6 Å². The van der Waals surface area contributed by atoms with Gasteiger partial charge < -0.3 is 24.8 Å². The summed E-state index contributed by atoms with van der Waals surface area (Å²) in [5.41, 5.74) is 0.903. The zero-order chi connectivity index (χ0) is 20.8. The van der Waals surface area contributed by atoms with Gasteiger partial charge in [-0.25, -0.2) is 0 Å². The normalized spacial score (nSPS) is 12.1. The minimum atomic E-state index is -0.767. The quantitative estimate of drug-likeness (QED) is 0.531. The van der Waals surface area contributed by atoms with Crippen LogP contribution in [0.3, 0.4) is 0 Å². The Balaban J connectivity index is 1.50. The van der Waals surface area contributed by atoms with Crippen molar-refractivity contribution in [1.82, 2.24) is 5.32 Å². The Kier molecular flexibility index (Phi) is 6.08. The number of para-hydroxylation sites is 1. The van der Waals surface area contributed by atoms with Crippen molar-refractivity contribution in [2.45, 2.75) is 0 Å². The van der Waals surface area contributed by atoms with Gasteiger partial charge in [0.25, 0.3) is 11.8 Å². The number of nitrogens with one attached hydrogen (secondary N) is 2. The molecule has 0 saturated carbocycles. The maximum Gasteiger partial charge on any atom is 0.325 e. The van der Waals surface area contributed by atoms with E-state index >= 15 is 0 Å². The van der Waals surface area contributed by atoms with Crippen molar-refractivity contribution >= 4 is 29.3 Å². The fourth-order valence-corrected chi connectivity index (χ4v) is 2.62. The first-order chi connectivity index (χ1) is 14.0. The first kappa shape index (κ1) is 19.9. The summed E-state index contributed by atoms with van der Waals surface area (Å²) >= 11 is 0. The summed E-state index contributed by atoms with van der Waals surface area (Å²) < 4.78 is 15.2. The topological polar surface area (TPSA) is 120 Å². The molecule has 0 unspecified atom stereocenters. The number of rotatable bonds is 7. The van der Waals surface area contributed by atoms with Crippen molar-refractivity contribution in [3.63, 3.8) is 0 Å². The van der Waals surface area contributed by atoms with E-state index in [4.69, 9.17) is 14.2 Å². The van der Waals surface area contributed by atoms with Crippen molar-refractivity contribution in [1.29, 1.82) is 0 Å². The van der Waals surface area contributed by atoms with Gasteiger partial charge in [-0.2, -0.15) is 0 Å². The molecule has 1 aliphatic rings. The van der Waals surface area contributed by atoms with Crippen LogP contribution in [0.15, 0.2) is 42.5 Å². The van der Waals surface area contributed by atoms with E-state index in [1.807, 2.05) is 0 Å². The predicted molar refractivity (Wildman–Crippen MR) is 101 cm³/mol. The first-order valence-corrected chi connectivity index (χ1v) is 8.64. The van der Waals surface area contributed by atoms with Gasteiger partial charge in [0, 0.05) is 5.56 Å². The molecule has 9 heteroatoms. The monoisotopic (exact) mass is 398 g/mol. The molecule has 29 heavy (non-hydrogen) atoms. The highest BCUT2D eigenvalue weighted by Crippen LogP contribution is 2.28. The number of hydrogen-bond donors (Lipinski definition) is 2. The molecule has 0 aliphatic carbocycles.